The topological polar surface area (TPSA) is 18.5 Å². The minimum Gasteiger partial charge on any atom is -0.493 e. The van der Waals surface area contributed by atoms with Gasteiger partial charge in [0.2, 0.25) is 0 Å². The summed E-state index contributed by atoms with van der Waals surface area (Å²) in [6.07, 6.45) is 6.53. The van der Waals surface area contributed by atoms with E-state index in [1.54, 1.807) is 14.2 Å². The molecule has 0 unspecified atom stereocenters. The van der Waals surface area contributed by atoms with E-state index >= 15 is 0 Å². The number of benzene rings is 1. The van der Waals surface area contributed by atoms with E-state index in [-0.39, 0.29) is 0 Å². The SMILES string of the molecule is CC/C=C\c1ccc(OC)c(OC)c1C.CCC. The zero-order valence-corrected chi connectivity index (χ0v) is 12.5. The Bertz CT molecular complexity index is 368. The molecule has 0 aliphatic carbocycles. The van der Waals surface area contributed by atoms with Crippen molar-refractivity contribution in [1.29, 1.82) is 0 Å². The van der Waals surface area contributed by atoms with Crippen LogP contribution in [0.3, 0.4) is 0 Å². The van der Waals surface area contributed by atoms with E-state index in [9.17, 15) is 0 Å². The molecule has 0 aliphatic rings. The fraction of sp³-hybridized carbons (Fsp3) is 0.500. The fourth-order valence-electron chi connectivity index (χ4n) is 1.52. The first kappa shape index (κ1) is 16.6. The Kier molecular flexibility index (Phi) is 8.81. The second kappa shape index (κ2) is 9.58. The van der Waals surface area contributed by atoms with E-state index in [1.165, 1.54) is 12.0 Å². The quantitative estimate of drug-likeness (QED) is 0.760. The van der Waals surface area contributed by atoms with Crippen LogP contribution in [0.25, 0.3) is 6.08 Å². The van der Waals surface area contributed by atoms with E-state index < -0.39 is 0 Å². The molecule has 0 N–H and O–H groups in total. The number of rotatable bonds is 4. The van der Waals surface area contributed by atoms with Gasteiger partial charge in [-0.3, -0.25) is 0 Å². The van der Waals surface area contributed by atoms with Gasteiger partial charge >= 0.3 is 0 Å². The molecule has 0 atom stereocenters. The number of ether oxygens (including phenoxy) is 2. The van der Waals surface area contributed by atoms with Gasteiger partial charge < -0.3 is 9.47 Å². The average molecular weight is 250 g/mol. The molecule has 0 bridgehead atoms. The standard InChI is InChI=1S/C13H18O2.C3H8/c1-5-6-7-11-8-9-12(14-3)13(15-4)10(11)2;1-3-2/h6-9H,5H2,1-4H3;3H2,1-2H3/b7-6-;. The smallest absolute Gasteiger partial charge is 0.164 e. The number of hydrogen-bond acceptors (Lipinski definition) is 2. The Balaban J connectivity index is 0.000000873. The monoisotopic (exact) mass is 250 g/mol. The average Bonchev–Trinajstić information content (AvgIpc) is 2.38. The Morgan fingerprint density at radius 1 is 1.06 bits per heavy atom. The highest BCUT2D eigenvalue weighted by molar-refractivity contribution is 5.61. The van der Waals surface area contributed by atoms with Crippen LogP contribution in [0.2, 0.25) is 0 Å². The van der Waals surface area contributed by atoms with Gasteiger partial charge in [-0.1, -0.05) is 45.4 Å². The number of hydrogen-bond donors (Lipinski definition) is 0. The summed E-state index contributed by atoms with van der Waals surface area (Å²) in [4.78, 5) is 0. The third-order valence-corrected chi connectivity index (χ3v) is 2.37. The zero-order valence-electron chi connectivity index (χ0n) is 12.5. The predicted octanol–water partition coefficient (Wildman–Crippen LogP) is 4.85. The lowest BCUT2D eigenvalue weighted by molar-refractivity contribution is 0.353. The van der Waals surface area contributed by atoms with Crippen LogP contribution in [0.5, 0.6) is 11.5 Å². The molecule has 1 aromatic rings. The second-order valence-electron chi connectivity index (χ2n) is 4.03. The first-order valence-electron chi connectivity index (χ1n) is 6.54. The molecule has 0 spiro atoms. The largest absolute Gasteiger partial charge is 0.493 e. The summed E-state index contributed by atoms with van der Waals surface area (Å²) in [5.41, 5.74) is 2.29. The predicted molar refractivity (Wildman–Crippen MR) is 79.6 cm³/mol. The molecule has 18 heavy (non-hydrogen) atoms. The van der Waals surface area contributed by atoms with Gasteiger partial charge in [0.05, 0.1) is 14.2 Å². The van der Waals surface area contributed by atoms with Crippen LogP contribution in [-0.4, -0.2) is 14.2 Å². The van der Waals surface area contributed by atoms with Gasteiger partial charge in [-0.25, -0.2) is 0 Å². The molecule has 0 heterocycles. The molecule has 0 aromatic heterocycles. The van der Waals surface area contributed by atoms with E-state index in [0.29, 0.717) is 0 Å². The van der Waals surface area contributed by atoms with E-state index in [0.717, 1.165) is 23.5 Å². The van der Waals surface area contributed by atoms with Gasteiger partial charge in [0.1, 0.15) is 0 Å². The van der Waals surface area contributed by atoms with Crippen LogP contribution in [0.15, 0.2) is 18.2 Å². The van der Waals surface area contributed by atoms with Crippen LogP contribution >= 0.6 is 0 Å². The molecule has 0 saturated heterocycles. The van der Waals surface area contributed by atoms with Gasteiger partial charge in [-0.15, -0.1) is 0 Å². The minimum absolute atomic E-state index is 0.781. The summed E-state index contributed by atoms with van der Waals surface area (Å²) >= 11 is 0. The van der Waals surface area contributed by atoms with Crippen molar-refractivity contribution in [3.8, 4) is 11.5 Å². The fourth-order valence-corrected chi connectivity index (χ4v) is 1.52. The van der Waals surface area contributed by atoms with Crippen molar-refractivity contribution in [3.05, 3.63) is 29.3 Å². The van der Waals surface area contributed by atoms with Crippen LogP contribution < -0.4 is 9.47 Å². The van der Waals surface area contributed by atoms with Crippen LogP contribution in [0.1, 0.15) is 44.7 Å². The van der Waals surface area contributed by atoms with Gasteiger partial charge in [0.15, 0.2) is 11.5 Å². The van der Waals surface area contributed by atoms with Crippen molar-refractivity contribution >= 4 is 6.08 Å². The highest BCUT2D eigenvalue weighted by atomic mass is 16.5. The van der Waals surface area contributed by atoms with Gasteiger partial charge in [-0.2, -0.15) is 0 Å². The molecule has 0 aliphatic heterocycles. The molecule has 0 amide bonds. The van der Waals surface area contributed by atoms with Crippen molar-refractivity contribution in [2.45, 2.75) is 40.5 Å². The highest BCUT2D eigenvalue weighted by Gasteiger charge is 2.08. The summed E-state index contributed by atoms with van der Waals surface area (Å²) < 4.78 is 10.6. The highest BCUT2D eigenvalue weighted by Crippen LogP contribution is 2.33. The van der Waals surface area contributed by atoms with E-state index in [1.807, 2.05) is 19.1 Å². The van der Waals surface area contributed by atoms with E-state index in [2.05, 4.69) is 32.9 Å². The lowest BCUT2D eigenvalue weighted by Crippen LogP contribution is -1.94. The summed E-state index contributed by atoms with van der Waals surface area (Å²) in [6, 6.07) is 3.98. The van der Waals surface area contributed by atoms with Crippen molar-refractivity contribution in [3.63, 3.8) is 0 Å². The molecule has 0 radical (unpaired) electrons. The molecule has 2 heteroatoms. The Hall–Kier alpha value is -1.44. The summed E-state index contributed by atoms with van der Waals surface area (Å²) in [7, 11) is 3.32. The van der Waals surface area contributed by atoms with Gasteiger partial charge in [-0.05, 0) is 25.0 Å². The van der Waals surface area contributed by atoms with Gasteiger partial charge in [0.25, 0.3) is 0 Å². The molecular weight excluding hydrogens is 224 g/mol. The van der Waals surface area contributed by atoms with Crippen molar-refractivity contribution in [2.24, 2.45) is 0 Å². The minimum atomic E-state index is 0.781. The Morgan fingerprint density at radius 3 is 2.11 bits per heavy atom. The molecule has 0 fully saturated rings. The van der Waals surface area contributed by atoms with Gasteiger partial charge in [0, 0.05) is 5.56 Å². The van der Waals surface area contributed by atoms with Crippen LogP contribution in [0.4, 0.5) is 0 Å². The third kappa shape index (κ3) is 4.82. The van der Waals surface area contributed by atoms with E-state index in [4.69, 9.17) is 9.47 Å². The molecular formula is C16H26O2. The molecule has 1 rings (SSSR count). The maximum Gasteiger partial charge on any atom is 0.164 e. The normalized spacial score (nSPS) is 9.89. The maximum atomic E-state index is 5.33. The van der Waals surface area contributed by atoms with Crippen molar-refractivity contribution in [1.82, 2.24) is 0 Å². The second-order valence-corrected chi connectivity index (χ2v) is 4.03. The number of allylic oxidation sites excluding steroid dienone is 1. The zero-order chi connectivity index (χ0) is 14.0. The third-order valence-electron chi connectivity index (χ3n) is 2.37. The van der Waals surface area contributed by atoms with Crippen LogP contribution in [-0.2, 0) is 0 Å². The molecule has 1 aromatic carbocycles. The Morgan fingerprint density at radius 2 is 1.67 bits per heavy atom. The van der Waals surface area contributed by atoms with Crippen molar-refractivity contribution in [2.75, 3.05) is 14.2 Å². The molecule has 2 nitrogen and oxygen atoms in total. The molecule has 0 saturated carbocycles. The lowest BCUT2D eigenvalue weighted by Gasteiger charge is -2.12. The lowest BCUT2D eigenvalue weighted by atomic mass is 10.1. The van der Waals surface area contributed by atoms with Crippen LogP contribution in [0, 0.1) is 6.92 Å². The summed E-state index contributed by atoms with van der Waals surface area (Å²) in [5, 5.41) is 0. The molecule has 102 valence electrons. The maximum absolute atomic E-state index is 5.33. The Labute approximate surface area is 112 Å². The van der Waals surface area contributed by atoms with Crippen molar-refractivity contribution < 1.29 is 9.47 Å². The number of methoxy groups -OCH3 is 2. The first-order valence-corrected chi connectivity index (χ1v) is 6.54. The first-order chi connectivity index (χ1) is 8.65. The summed E-state index contributed by atoms with van der Waals surface area (Å²) in [5.74, 6) is 1.60. The summed E-state index contributed by atoms with van der Waals surface area (Å²) in [6.45, 7) is 8.41.